The summed E-state index contributed by atoms with van der Waals surface area (Å²) in [6, 6.07) is 2.13. The molecule has 0 aliphatic carbocycles. The second-order valence-corrected chi connectivity index (χ2v) is 7.74. The van der Waals surface area contributed by atoms with Crippen LogP contribution in [0, 0.1) is 0 Å². The minimum atomic E-state index is 0.956. The first kappa shape index (κ1) is 17.4. The maximum atomic E-state index is 6.07. The van der Waals surface area contributed by atoms with E-state index < -0.39 is 0 Å². The van der Waals surface area contributed by atoms with Crippen LogP contribution in [0.3, 0.4) is 0 Å². The highest BCUT2D eigenvalue weighted by atomic mass is 35.5. The van der Waals surface area contributed by atoms with Gasteiger partial charge in [0.05, 0.1) is 0 Å². The van der Waals surface area contributed by atoms with Crippen molar-refractivity contribution in [3.8, 4) is 0 Å². The van der Waals surface area contributed by atoms with Gasteiger partial charge in [-0.25, -0.2) is 0 Å². The van der Waals surface area contributed by atoms with Crippen molar-refractivity contribution in [2.45, 2.75) is 76.0 Å². The zero-order chi connectivity index (χ0) is 13.8. The zero-order valence-electron chi connectivity index (χ0n) is 12.1. The van der Waals surface area contributed by atoms with E-state index in [0.29, 0.717) is 0 Å². The van der Waals surface area contributed by atoms with Gasteiger partial charge in [-0.05, 0) is 23.6 Å². The highest BCUT2D eigenvalue weighted by Gasteiger charge is 2.01. The Balaban J connectivity index is 1.80. The molecule has 0 radical (unpaired) electrons. The summed E-state index contributed by atoms with van der Waals surface area (Å²) in [4.78, 5) is 1.27. The van der Waals surface area contributed by atoms with E-state index in [1.807, 2.05) is 11.8 Å². The summed E-state index contributed by atoms with van der Waals surface area (Å²) in [6.45, 7) is 2.28. The molecule has 1 rings (SSSR count). The quantitative estimate of drug-likeness (QED) is 0.285. The number of unbranched alkanes of at least 4 members (excludes halogenated alkanes) is 9. The van der Waals surface area contributed by atoms with Crippen molar-refractivity contribution in [3.63, 3.8) is 0 Å². The Labute approximate surface area is 132 Å². The molecule has 19 heavy (non-hydrogen) atoms. The van der Waals surface area contributed by atoms with E-state index in [2.05, 4.69) is 18.4 Å². The fourth-order valence-electron chi connectivity index (χ4n) is 2.16. The molecule has 0 N–H and O–H groups in total. The van der Waals surface area contributed by atoms with Gasteiger partial charge in [-0.1, -0.05) is 76.3 Å². The second kappa shape index (κ2) is 12.1. The van der Waals surface area contributed by atoms with Crippen molar-refractivity contribution in [1.82, 2.24) is 0 Å². The molecular weight excluding hydrogens is 292 g/mol. The third-order valence-corrected chi connectivity index (χ3v) is 5.90. The summed E-state index contributed by atoms with van der Waals surface area (Å²) < 4.78 is 0.956. The van der Waals surface area contributed by atoms with Crippen molar-refractivity contribution in [1.29, 1.82) is 0 Å². The SMILES string of the molecule is CCCCCCCCCCCCSc1ccsc1Cl. The van der Waals surface area contributed by atoms with Gasteiger partial charge in [-0.15, -0.1) is 23.1 Å². The molecule has 0 aliphatic heterocycles. The van der Waals surface area contributed by atoms with Gasteiger partial charge in [0, 0.05) is 4.90 Å². The lowest BCUT2D eigenvalue weighted by atomic mass is 10.1. The van der Waals surface area contributed by atoms with Gasteiger partial charge >= 0.3 is 0 Å². The largest absolute Gasteiger partial charge is 0.131 e. The third kappa shape index (κ3) is 8.99. The fourth-order valence-corrected chi connectivity index (χ4v) is 4.30. The summed E-state index contributed by atoms with van der Waals surface area (Å²) in [5.74, 6) is 1.22. The summed E-state index contributed by atoms with van der Waals surface area (Å²) in [5, 5.41) is 2.07. The Morgan fingerprint density at radius 3 is 2.05 bits per heavy atom. The number of thiophene rings is 1. The lowest BCUT2D eigenvalue weighted by Gasteiger charge is -2.02. The average molecular weight is 319 g/mol. The summed E-state index contributed by atoms with van der Waals surface area (Å²) >= 11 is 9.61. The van der Waals surface area contributed by atoms with Crippen LogP contribution in [-0.2, 0) is 0 Å². The minimum Gasteiger partial charge on any atom is -0.131 e. The van der Waals surface area contributed by atoms with Crippen molar-refractivity contribution < 1.29 is 0 Å². The molecule has 3 heteroatoms. The van der Waals surface area contributed by atoms with Crippen LogP contribution < -0.4 is 0 Å². The highest BCUT2D eigenvalue weighted by Crippen LogP contribution is 2.32. The van der Waals surface area contributed by atoms with Crippen LogP contribution in [0.25, 0.3) is 0 Å². The predicted molar refractivity (Wildman–Crippen MR) is 91.9 cm³/mol. The first-order valence-corrected chi connectivity index (χ1v) is 9.94. The van der Waals surface area contributed by atoms with E-state index in [4.69, 9.17) is 11.6 Å². The Morgan fingerprint density at radius 2 is 1.53 bits per heavy atom. The Bertz CT molecular complexity index is 309. The molecule has 0 aromatic carbocycles. The lowest BCUT2D eigenvalue weighted by molar-refractivity contribution is 0.563. The number of halogens is 1. The average Bonchev–Trinajstić information content (AvgIpc) is 2.82. The number of hydrogen-bond acceptors (Lipinski definition) is 2. The molecule has 0 bridgehead atoms. The van der Waals surface area contributed by atoms with Gasteiger partial charge in [0.25, 0.3) is 0 Å². The molecule has 0 spiro atoms. The monoisotopic (exact) mass is 318 g/mol. The number of rotatable bonds is 12. The van der Waals surface area contributed by atoms with Gasteiger partial charge in [0.15, 0.2) is 0 Å². The molecule has 1 aromatic heterocycles. The number of hydrogen-bond donors (Lipinski definition) is 0. The van der Waals surface area contributed by atoms with Crippen LogP contribution >= 0.6 is 34.7 Å². The topological polar surface area (TPSA) is 0 Å². The van der Waals surface area contributed by atoms with Crippen LogP contribution in [0.2, 0.25) is 4.34 Å². The van der Waals surface area contributed by atoms with Crippen molar-refractivity contribution in [3.05, 3.63) is 15.8 Å². The van der Waals surface area contributed by atoms with Gasteiger partial charge in [-0.2, -0.15) is 0 Å². The Hall–Kier alpha value is 0.340. The Kier molecular flexibility index (Phi) is 11.1. The van der Waals surface area contributed by atoms with E-state index in [9.17, 15) is 0 Å². The normalized spacial score (nSPS) is 11.1. The third-order valence-electron chi connectivity index (χ3n) is 3.34. The molecule has 0 saturated heterocycles. The lowest BCUT2D eigenvalue weighted by Crippen LogP contribution is -1.83. The number of thioether (sulfide) groups is 1. The molecule has 0 nitrogen and oxygen atoms in total. The molecule has 1 heterocycles. The van der Waals surface area contributed by atoms with Crippen molar-refractivity contribution >= 4 is 34.7 Å². The smallest absolute Gasteiger partial charge is 0.106 e. The molecule has 0 saturated carbocycles. The van der Waals surface area contributed by atoms with Gasteiger partial charge in [-0.3, -0.25) is 0 Å². The van der Waals surface area contributed by atoms with Crippen molar-refractivity contribution in [2.24, 2.45) is 0 Å². The van der Waals surface area contributed by atoms with Gasteiger partial charge < -0.3 is 0 Å². The minimum absolute atomic E-state index is 0.956. The zero-order valence-corrected chi connectivity index (χ0v) is 14.5. The second-order valence-electron chi connectivity index (χ2n) is 5.09. The first-order valence-electron chi connectivity index (χ1n) is 7.70. The van der Waals surface area contributed by atoms with E-state index in [1.54, 1.807) is 11.3 Å². The van der Waals surface area contributed by atoms with Crippen LogP contribution in [0.15, 0.2) is 16.3 Å². The van der Waals surface area contributed by atoms with Crippen LogP contribution in [0.5, 0.6) is 0 Å². The fraction of sp³-hybridized carbons (Fsp3) is 0.750. The van der Waals surface area contributed by atoms with Crippen LogP contribution in [-0.4, -0.2) is 5.75 Å². The van der Waals surface area contributed by atoms with Gasteiger partial charge in [0.2, 0.25) is 0 Å². The summed E-state index contributed by atoms with van der Waals surface area (Å²) in [5.41, 5.74) is 0. The summed E-state index contributed by atoms with van der Waals surface area (Å²) in [6.07, 6.45) is 14.1. The van der Waals surface area contributed by atoms with Crippen LogP contribution in [0.4, 0.5) is 0 Å². The maximum absolute atomic E-state index is 6.07. The van der Waals surface area contributed by atoms with Crippen LogP contribution in [0.1, 0.15) is 71.1 Å². The predicted octanol–water partition coefficient (Wildman–Crippen LogP) is 7.41. The van der Waals surface area contributed by atoms with E-state index in [0.717, 1.165) is 4.34 Å². The first-order chi connectivity index (χ1) is 9.34. The Morgan fingerprint density at radius 1 is 0.947 bits per heavy atom. The van der Waals surface area contributed by atoms with E-state index in [-0.39, 0.29) is 0 Å². The molecule has 110 valence electrons. The molecular formula is C16H27ClS2. The van der Waals surface area contributed by atoms with Gasteiger partial charge in [0.1, 0.15) is 4.34 Å². The molecule has 1 aromatic rings. The highest BCUT2D eigenvalue weighted by molar-refractivity contribution is 7.99. The summed E-state index contributed by atoms with van der Waals surface area (Å²) in [7, 11) is 0. The maximum Gasteiger partial charge on any atom is 0.106 e. The van der Waals surface area contributed by atoms with E-state index >= 15 is 0 Å². The molecule has 0 fully saturated rings. The standard InChI is InChI=1S/C16H27ClS2/c1-2-3-4-5-6-7-8-9-10-11-13-18-15-12-14-19-16(15)17/h12,14H,2-11,13H2,1H3. The molecule has 0 unspecified atom stereocenters. The molecule has 0 atom stereocenters. The molecule has 0 amide bonds. The molecule has 0 aliphatic rings. The van der Waals surface area contributed by atoms with E-state index in [1.165, 1.54) is 74.9 Å². The van der Waals surface area contributed by atoms with Crippen molar-refractivity contribution in [2.75, 3.05) is 5.75 Å².